The molecule has 1 aliphatic rings. The average molecular weight is 975 g/mol. The fourth-order valence-electron chi connectivity index (χ4n) is 10.4. The molecule has 0 aliphatic carbocycles. The third-order valence-electron chi connectivity index (χ3n) is 13.7. The van der Waals surface area contributed by atoms with E-state index < -0.39 is 0 Å². The van der Waals surface area contributed by atoms with Crippen LogP contribution in [0.4, 0.5) is 68.2 Å². The fraction of sp³-hybridized carbons (Fsp3) is 0.0154. The van der Waals surface area contributed by atoms with Crippen LogP contribution in [0.1, 0.15) is 5.56 Å². The Morgan fingerprint density at radius 2 is 0.849 bits per heavy atom. The zero-order valence-electron chi connectivity index (χ0n) is 39.8. The Kier molecular flexibility index (Phi) is 11.3. The van der Waals surface area contributed by atoms with Gasteiger partial charge in [0.1, 0.15) is 0 Å². The van der Waals surface area contributed by atoms with Crippen molar-refractivity contribution in [1.82, 2.24) is 9.97 Å². The summed E-state index contributed by atoms with van der Waals surface area (Å²) in [6.07, 6.45) is 3.59. The second kappa shape index (κ2) is 18.7. The van der Waals surface area contributed by atoms with Crippen LogP contribution in [0.15, 0.2) is 270 Å². The highest BCUT2D eigenvalue weighted by molar-refractivity contribution is 7.99. The first-order valence-corrected chi connectivity index (χ1v) is 25.6. The molecule has 0 spiro atoms. The molecule has 13 rings (SSSR count). The maximum Gasteiger partial charge on any atom is 0.0971 e. The number of hydrogen-bond acceptors (Lipinski definition) is 8. The zero-order chi connectivity index (χ0) is 48.8. The molecule has 348 valence electrons. The van der Waals surface area contributed by atoms with Crippen LogP contribution in [0.2, 0.25) is 0 Å². The van der Waals surface area contributed by atoms with Gasteiger partial charge < -0.3 is 19.6 Å². The van der Waals surface area contributed by atoms with E-state index >= 15 is 0 Å². The van der Waals surface area contributed by atoms with E-state index in [0.717, 1.165) is 111 Å². The number of para-hydroxylation sites is 6. The number of fused-ring (bicyclic) bond motifs is 8. The monoisotopic (exact) mass is 974 g/mol. The molecule has 8 heteroatoms. The molecular formula is C65H46N6S2. The van der Waals surface area contributed by atoms with Crippen LogP contribution in [0.3, 0.4) is 0 Å². The maximum absolute atomic E-state index is 5.32. The Hall–Kier alpha value is -8.82. The molecule has 0 N–H and O–H groups in total. The normalized spacial score (nSPS) is 11.9. The molecule has 0 unspecified atom stereocenters. The summed E-state index contributed by atoms with van der Waals surface area (Å²) < 4.78 is 0. The lowest BCUT2D eigenvalue weighted by molar-refractivity contribution is 1.16. The van der Waals surface area contributed by atoms with Crippen molar-refractivity contribution in [2.24, 2.45) is 0 Å². The van der Waals surface area contributed by atoms with E-state index in [1.807, 2.05) is 11.8 Å². The lowest BCUT2D eigenvalue weighted by Crippen LogP contribution is -2.16. The summed E-state index contributed by atoms with van der Waals surface area (Å²) in [5.74, 6) is 0. The molecule has 0 atom stereocenters. The highest BCUT2D eigenvalue weighted by Gasteiger charge is 2.28. The van der Waals surface area contributed by atoms with Crippen LogP contribution in [-0.2, 0) is 0 Å². The topological polar surface area (TPSA) is 38.7 Å². The molecule has 73 heavy (non-hydrogen) atoms. The predicted molar refractivity (Wildman–Crippen MR) is 309 cm³/mol. The third-order valence-corrected chi connectivity index (χ3v) is 15.1. The molecule has 1 aliphatic heterocycles. The van der Waals surface area contributed by atoms with Crippen LogP contribution < -0.4 is 19.6 Å². The summed E-state index contributed by atoms with van der Waals surface area (Å²) in [5.41, 5.74) is 15.7. The van der Waals surface area contributed by atoms with Gasteiger partial charge in [0.25, 0.3) is 0 Å². The second-order valence-corrected chi connectivity index (χ2v) is 19.6. The van der Waals surface area contributed by atoms with Crippen molar-refractivity contribution in [3.8, 4) is 0 Å². The highest BCUT2D eigenvalue weighted by Crippen LogP contribution is 2.54. The number of aryl methyl sites for hydroxylation is 1. The lowest BCUT2D eigenvalue weighted by Gasteiger charge is -2.34. The van der Waals surface area contributed by atoms with E-state index in [-0.39, 0.29) is 0 Å². The number of nitrogens with zero attached hydrogens (tertiary/aromatic N) is 6. The van der Waals surface area contributed by atoms with E-state index in [4.69, 9.17) is 22.6 Å². The molecule has 6 nitrogen and oxygen atoms in total. The first-order chi connectivity index (χ1) is 36.1. The van der Waals surface area contributed by atoms with Gasteiger partial charge >= 0.3 is 0 Å². The summed E-state index contributed by atoms with van der Waals surface area (Å²) >= 11 is 7.13. The van der Waals surface area contributed by atoms with Gasteiger partial charge in [-0.2, -0.15) is 0 Å². The number of thiol groups is 1. The standard InChI is InChI=1S/C65H46N6S2/c1-44-18-14-15-27-57(44)70(58-36-32-51(42-61(58)72)68(45-19-6-2-7-20-45)46-21-8-3-9-22-46)49-30-34-53-55(40-49)56-41-50(31-35-54(56)65-64(53)66-38-39-67-65)71-59-28-16-17-29-62(59)73-63-43-52(33-37-60(63)71)69(47-23-10-4-11-24-47)48-25-12-5-13-26-48/h2-43,72H,1H3. The molecule has 0 radical (unpaired) electrons. The van der Waals surface area contributed by atoms with Gasteiger partial charge in [-0.25, -0.2) is 0 Å². The first-order valence-electron chi connectivity index (χ1n) is 24.4. The minimum absolute atomic E-state index is 0.841. The van der Waals surface area contributed by atoms with E-state index in [9.17, 15) is 0 Å². The second-order valence-electron chi connectivity index (χ2n) is 18.1. The minimum Gasteiger partial charge on any atom is -0.310 e. The Morgan fingerprint density at radius 3 is 1.45 bits per heavy atom. The molecule has 0 bridgehead atoms. The fourth-order valence-corrected chi connectivity index (χ4v) is 11.8. The van der Waals surface area contributed by atoms with E-state index in [0.29, 0.717) is 0 Å². The van der Waals surface area contributed by atoms with Gasteiger partial charge in [-0.05, 0) is 151 Å². The van der Waals surface area contributed by atoms with Crippen molar-refractivity contribution in [1.29, 1.82) is 0 Å². The van der Waals surface area contributed by atoms with Crippen LogP contribution in [0.5, 0.6) is 0 Å². The van der Waals surface area contributed by atoms with E-state index in [1.54, 1.807) is 12.4 Å². The maximum atomic E-state index is 5.32. The smallest absolute Gasteiger partial charge is 0.0971 e. The van der Waals surface area contributed by atoms with Gasteiger partial charge in [0.15, 0.2) is 0 Å². The van der Waals surface area contributed by atoms with Crippen LogP contribution >= 0.6 is 24.4 Å². The van der Waals surface area contributed by atoms with E-state index in [2.05, 4.69) is 269 Å². The van der Waals surface area contributed by atoms with Gasteiger partial charge in [-0.15, -0.1) is 12.6 Å². The summed E-state index contributed by atoms with van der Waals surface area (Å²) in [7, 11) is 0. The Morgan fingerprint density at radius 1 is 0.370 bits per heavy atom. The average Bonchev–Trinajstić information content (AvgIpc) is 3.44. The van der Waals surface area contributed by atoms with Gasteiger partial charge in [-0.1, -0.05) is 127 Å². The highest BCUT2D eigenvalue weighted by atomic mass is 32.2. The Bertz CT molecular complexity index is 3930. The lowest BCUT2D eigenvalue weighted by atomic mass is 9.97. The molecule has 12 aromatic rings. The van der Waals surface area contributed by atoms with Crippen molar-refractivity contribution in [2.75, 3.05) is 19.6 Å². The predicted octanol–water partition coefficient (Wildman–Crippen LogP) is 18.9. The number of aromatic nitrogens is 2. The molecule has 1 aromatic heterocycles. The summed E-state index contributed by atoms with van der Waals surface area (Å²) in [4.78, 5) is 22.5. The molecule has 0 fully saturated rings. The van der Waals surface area contributed by atoms with Crippen molar-refractivity contribution in [2.45, 2.75) is 21.6 Å². The minimum atomic E-state index is 0.841. The van der Waals surface area contributed by atoms with E-state index in [1.165, 1.54) is 9.79 Å². The number of anilines is 12. The third kappa shape index (κ3) is 7.98. The van der Waals surface area contributed by atoms with Crippen molar-refractivity contribution in [3.63, 3.8) is 0 Å². The Labute approximate surface area is 434 Å². The van der Waals surface area contributed by atoms with Crippen LogP contribution in [0.25, 0.3) is 32.6 Å². The van der Waals surface area contributed by atoms with Crippen molar-refractivity contribution in [3.05, 3.63) is 261 Å². The molecule has 0 saturated heterocycles. The molecule has 11 aromatic carbocycles. The molecular weight excluding hydrogens is 929 g/mol. The quantitative estimate of drug-likeness (QED) is 0.108. The van der Waals surface area contributed by atoms with Crippen LogP contribution in [0, 0.1) is 6.92 Å². The van der Waals surface area contributed by atoms with Crippen molar-refractivity contribution >= 4 is 125 Å². The number of hydrogen-bond donors (Lipinski definition) is 1. The largest absolute Gasteiger partial charge is 0.310 e. The molecule has 0 saturated carbocycles. The van der Waals surface area contributed by atoms with Crippen LogP contribution in [-0.4, -0.2) is 9.97 Å². The number of benzene rings is 11. The zero-order valence-corrected chi connectivity index (χ0v) is 41.5. The summed E-state index contributed by atoms with van der Waals surface area (Å²) in [5, 5.41) is 4.24. The van der Waals surface area contributed by atoms with Gasteiger partial charge in [0.2, 0.25) is 0 Å². The molecule has 2 heterocycles. The van der Waals surface area contributed by atoms with Gasteiger partial charge in [0.05, 0.1) is 28.1 Å². The van der Waals surface area contributed by atoms with Crippen molar-refractivity contribution < 1.29 is 0 Å². The summed E-state index contributed by atoms with van der Waals surface area (Å²) in [6, 6.07) is 86.4. The Balaban J connectivity index is 0.979. The van der Waals surface area contributed by atoms with Gasteiger partial charge in [0, 0.05) is 89.0 Å². The first kappa shape index (κ1) is 44.1. The molecule has 0 amide bonds. The SMILES string of the molecule is Cc1ccccc1N(c1ccc2c(c1)c1cc(N3c4ccccc4Sc4cc(N(c5ccccc5)c5ccccc5)ccc43)ccc1c1nccnc21)c1ccc(N(c2ccccc2)c2ccccc2)cc1S. The summed E-state index contributed by atoms with van der Waals surface area (Å²) in [6.45, 7) is 2.17. The van der Waals surface area contributed by atoms with Gasteiger partial charge in [-0.3, -0.25) is 9.97 Å². The number of rotatable bonds is 10.